The summed E-state index contributed by atoms with van der Waals surface area (Å²) in [4.78, 5) is 1.26. The summed E-state index contributed by atoms with van der Waals surface area (Å²) < 4.78 is 5.36. The van der Waals surface area contributed by atoms with Crippen LogP contribution in [0.3, 0.4) is 0 Å². The van der Waals surface area contributed by atoms with E-state index in [4.69, 9.17) is 16.3 Å². The molecule has 4 heteroatoms. The van der Waals surface area contributed by atoms with Crippen LogP contribution in [-0.2, 0) is 4.74 Å². The van der Waals surface area contributed by atoms with Crippen LogP contribution in [0.4, 0.5) is 5.69 Å². The Labute approximate surface area is 106 Å². The second kappa shape index (κ2) is 5.80. The van der Waals surface area contributed by atoms with Gasteiger partial charge in [0.1, 0.15) is 0 Å². The number of benzene rings is 1. The van der Waals surface area contributed by atoms with Crippen molar-refractivity contribution < 1.29 is 4.74 Å². The van der Waals surface area contributed by atoms with Crippen LogP contribution in [0.25, 0.3) is 0 Å². The molecule has 1 aromatic rings. The molecule has 1 aliphatic rings. The van der Waals surface area contributed by atoms with E-state index in [2.05, 4.69) is 18.3 Å². The molecule has 0 bridgehead atoms. The summed E-state index contributed by atoms with van der Waals surface area (Å²) in [6.07, 6.45) is 1.07. The van der Waals surface area contributed by atoms with Crippen LogP contribution in [0.1, 0.15) is 13.3 Å². The highest BCUT2D eigenvalue weighted by atomic mass is 35.5. The molecule has 2 rings (SSSR count). The van der Waals surface area contributed by atoms with Gasteiger partial charge in [-0.25, -0.2) is 0 Å². The number of ether oxygens (including phenoxy) is 1. The zero-order valence-electron chi connectivity index (χ0n) is 9.33. The highest BCUT2D eigenvalue weighted by molar-refractivity contribution is 7.99. The van der Waals surface area contributed by atoms with Crippen LogP contribution in [-0.4, -0.2) is 25.0 Å². The first-order chi connectivity index (χ1) is 7.79. The van der Waals surface area contributed by atoms with E-state index in [1.54, 1.807) is 0 Å². The summed E-state index contributed by atoms with van der Waals surface area (Å²) in [5, 5.41) is 4.28. The Hall–Kier alpha value is -0.380. The van der Waals surface area contributed by atoms with Gasteiger partial charge < -0.3 is 10.1 Å². The van der Waals surface area contributed by atoms with Gasteiger partial charge in [-0.3, -0.25) is 0 Å². The molecule has 1 N–H and O–H groups in total. The van der Waals surface area contributed by atoms with Crippen LogP contribution in [0.15, 0.2) is 23.1 Å². The molecule has 2 nitrogen and oxygen atoms in total. The number of halogens is 1. The second-order valence-electron chi connectivity index (χ2n) is 3.78. The predicted molar refractivity (Wildman–Crippen MR) is 70.7 cm³/mol. The normalized spacial score (nSPS) is 20.0. The van der Waals surface area contributed by atoms with Gasteiger partial charge >= 0.3 is 0 Å². The van der Waals surface area contributed by atoms with Crippen molar-refractivity contribution in [2.45, 2.75) is 24.3 Å². The van der Waals surface area contributed by atoms with Gasteiger partial charge in [0.2, 0.25) is 0 Å². The van der Waals surface area contributed by atoms with Gasteiger partial charge in [-0.15, -0.1) is 11.8 Å². The molecular weight excluding hydrogens is 242 g/mol. The molecule has 1 saturated heterocycles. The lowest BCUT2D eigenvalue weighted by Crippen LogP contribution is -2.19. The smallest absolute Gasteiger partial charge is 0.0668 e. The average molecular weight is 258 g/mol. The van der Waals surface area contributed by atoms with Crippen molar-refractivity contribution in [1.82, 2.24) is 0 Å². The van der Waals surface area contributed by atoms with Crippen molar-refractivity contribution in [3.63, 3.8) is 0 Å². The number of nitrogens with one attached hydrogen (secondary N) is 1. The molecular formula is C12H16ClNOS. The largest absolute Gasteiger partial charge is 0.379 e. The Morgan fingerprint density at radius 1 is 1.56 bits per heavy atom. The van der Waals surface area contributed by atoms with E-state index in [1.165, 1.54) is 4.90 Å². The summed E-state index contributed by atoms with van der Waals surface area (Å²) in [5.41, 5.74) is 1.13. The highest BCUT2D eigenvalue weighted by Crippen LogP contribution is 2.31. The number of hydrogen-bond donors (Lipinski definition) is 1. The lowest BCUT2D eigenvalue weighted by Gasteiger charge is -2.15. The summed E-state index contributed by atoms with van der Waals surface area (Å²) in [7, 11) is 0. The highest BCUT2D eigenvalue weighted by Gasteiger charge is 2.16. The maximum atomic E-state index is 6.02. The number of anilines is 1. The first-order valence-electron chi connectivity index (χ1n) is 5.56. The molecule has 1 aliphatic heterocycles. The standard InChI is InChI=1S/C12H16ClNOS/c1-2-16-12-4-3-9(13)7-11(12)14-10-5-6-15-8-10/h3-4,7,10,14H,2,5-6,8H2,1H3. The van der Waals surface area contributed by atoms with Gasteiger partial charge in [-0.05, 0) is 30.4 Å². The second-order valence-corrected chi connectivity index (χ2v) is 5.52. The maximum Gasteiger partial charge on any atom is 0.0668 e. The summed E-state index contributed by atoms with van der Waals surface area (Å²) >= 11 is 7.85. The van der Waals surface area contributed by atoms with Crippen LogP contribution in [0.2, 0.25) is 5.02 Å². The third-order valence-electron chi connectivity index (χ3n) is 2.53. The molecule has 0 radical (unpaired) electrons. The molecule has 0 saturated carbocycles. The SMILES string of the molecule is CCSc1ccc(Cl)cc1NC1CCOC1. The molecule has 1 aromatic carbocycles. The van der Waals surface area contributed by atoms with Crippen molar-refractivity contribution >= 4 is 29.1 Å². The number of rotatable bonds is 4. The van der Waals surface area contributed by atoms with E-state index in [9.17, 15) is 0 Å². The fourth-order valence-corrected chi connectivity index (χ4v) is 2.69. The van der Waals surface area contributed by atoms with Gasteiger partial charge in [-0.1, -0.05) is 18.5 Å². The summed E-state index contributed by atoms with van der Waals surface area (Å²) in [5.74, 6) is 1.07. The van der Waals surface area contributed by atoms with Crippen molar-refractivity contribution in [3.8, 4) is 0 Å². The van der Waals surface area contributed by atoms with E-state index in [0.29, 0.717) is 6.04 Å². The molecule has 0 aliphatic carbocycles. The van der Waals surface area contributed by atoms with Gasteiger partial charge in [0.15, 0.2) is 0 Å². The third-order valence-corrected chi connectivity index (χ3v) is 3.72. The van der Waals surface area contributed by atoms with Gasteiger partial charge in [0, 0.05) is 22.2 Å². The van der Waals surface area contributed by atoms with E-state index in [1.807, 2.05) is 23.9 Å². The van der Waals surface area contributed by atoms with Gasteiger partial charge in [0.05, 0.1) is 12.6 Å². The quantitative estimate of drug-likeness (QED) is 0.832. The van der Waals surface area contributed by atoms with Gasteiger partial charge in [-0.2, -0.15) is 0 Å². The van der Waals surface area contributed by atoms with Crippen LogP contribution < -0.4 is 5.32 Å². The zero-order chi connectivity index (χ0) is 11.4. The van der Waals surface area contributed by atoms with E-state index in [0.717, 1.165) is 36.1 Å². The van der Waals surface area contributed by atoms with Crippen molar-refractivity contribution in [1.29, 1.82) is 0 Å². The summed E-state index contributed by atoms with van der Waals surface area (Å²) in [6, 6.07) is 6.44. The minimum atomic E-state index is 0.426. The Kier molecular flexibility index (Phi) is 4.38. The molecule has 1 fully saturated rings. The van der Waals surface area contributed by atoms with Crippen LogP contribution in [0.5, 0.6) is 0 Å². The monoisotopic (exact) mass is 257 g/mol. The predicted octanol–water partition coefficient (Wildman–Crippen LogP) is 3.65. The van der Waals surface area contributed by atoms with Crippen molar-refractivity contribution in [2.24, 2.45) is 0 Å². The zero-order valence-corrected chi connectivity index (χ0v) is 10.9. The Bertz CT molecular complexity index is 353. The van der Waals surface area contributed by atoms with Gasteiger partial charge in [0.25, 0.3) is 0 Å². The Balaban J connectivity index is 2.12. The molecule has 0 amide bonds. The lowest BCUT2D eigenvalue weighted by molar-refractivity contribution is 0.195. The summed E-state index contributed by atoms with van der Waals surface area (Å²) in [6.45, 7) is 3.80. The first-order valence-corrected chi connectivity index (χ1v) is 6.92. The van der Waals surface area contributed by atoms with E-state index < -0.39 is 0 Å². The topological polar surface area (TPSA) is 21.3 Å². The Morgan fingerprint density at radius 3 is 3.12 bits per heavy atom. The fraction of sp³-hybridized carbons (Fsp3) is 0.500. The molecule has 1 heterocycles. The number of thioether (sulfide) groups is 1. The molecule has 88 valence electrons. The van der Waals surface area contributed by atoms with Crippen molar-refractivity contribution in [2.75, 3.05) is 24.3 Å². The molecule has 16 heavy (non-hydrogen) atoms. The lowest BCUT2D eigenvalue weighted by atomic mass is 10.2. The van der Waals surface area contributed by atoms with E-state index in [-0.39, 0.29) is 0 Å². The maximum absolute atomic E-state index is 6.02. The number of hydrogen-bond acceptors (Lipinski definition) is 3. The van der Waals surface area contributed by atoms with Crippen LogP contribution in [0, 0.1) is 0 Å². The molecule has 0 spiro atoms. The minimum absolute atomic E-state index is 0.426. The van der Waals surface area contributed by atoms with E-state index >= 15 is 0 Å². The average Bonchev–Trinajstić information content (AvgIpc) is 2.75. The Morgan fingerprint density at radius 2 is 2.44 bits per heavy atom. The minimum Gasteiger partial charge on any atom is -0.379 e. The van der Waals surface area contributed by atoms with Crippen LogP contribution >= 0.6 is 23.4 Å². The third kappa shape index (κ3) is 3.06. The molecule has 0 aromatic heterocycles. The van der Waals surface area contributed by atoms with Crippen molar-refractivity contribution in [3.05, 3.63) is 23.2 Å². The molecule has 1 atom stereocenters. The molecule has 1 unspecified atom stereocenters. The fourth-order valence-electron chi connectivity index (χ4n) is 1.76. The first kappa shape index (κ1) is 12.1.